The van der Waals surface area contributed by atoms with E-state index in [0.717, 1.165) is 0 Å². The van der Waals surface area contributed by atoms with Crippen LogP contribution in [-0.2, 0) is 9.53 Å². The van der Waals surface area contributed by atoms with Crippen molar-refractivity contribution in [2.75, 3.05) is 11.7 Å². The molecule has 0 bridgehead atoms. The number of nitrogens with two attached hydrogens (primary N) is 1. The second kappa shape index (κ2) is 3.70. The normalized spacial score (nSPS) is 32.8. The Morgan fingerprint density at radius 1 is 1.71 bits per heavy atom. The Bertz CT molecular complexity index is 323. The highest BCUT2D eigenvalue weighted by Crippen LogP contribution is 2.27. The summed E-state index contributed by atoms with van der Waals surface area (Å²) in [5, 5.41) is 0. The van der Waals surface area contributed by atoms with Gasteiger partial charge in [0.2, 0.25) is 0 Å². The van der Waals surface area contributed by atoms with Crippen LogP contribution in [-0.4, -0.2) is 29.5 Å². The fraction of sp³-hybridized carbons (Fsp3) is 0.500. The molecular formula is C8H9FN2O2S. The van der Waals surface area contributed by atoms with Gasteiger partial charge in [-0.25, -0.2) is 4.39 Å². The van der Waals surface area contributed by atoms with Crippen LogP contribution in [0.5, 0.6) is 0 Å². The van der Waals surface area contributed by atoms with Gasteiger partial charge in [0, 0.05) is 5.75 Å². The Hall–Kier alpha value is -0.880. The van der Waals surface area contributed by atoms with E-state index >= 15 is 0 Å². The van der Waals surface area contributed by atoms with Gasteiger partial charge >= 0.3 is 0 Å². The van der Waals surface area contributed by atoms with Crippen molar-refractivity contribution in [3.63, 3.8) is 0 Å². The summed E-state index contributed by atoms with van der Waals surface area (Å²) in [5.74, 6) is -0.765. The molecule has 76 valence electrons. The van der Waals surface area contributed by atoms with Crippen molar-refractivity contribution in [2.24, 2.45) is 16.6 Å². The molecule has 2 aliphatic rings. The summed E-state index contributed by atoms with van der Waals surface area (Å²) in [7, 11) is 0. The Kier molecular flexibility index (Phi) is 2.56. The number of hydrogen-bond acceptors (Lipinski definition) is 4. The van der Waals surface area contributed by atoms with E-state index < -0.39 is 17.7 Å². The summed E-state index contributed by atoms with van der Waals surface area (Å²) in [6.07, 6.45) is 0.927. The van der Waals surface area contributed by atoms with Gasteiger partial charge in [-0.05, 0) is 6.08 Å². The van der Waals surface area contributed by atoms with Gasteiger partial charge in [-0.15, -0.1) is 11.8 Å². The molecule has 2 heterocycles. The number of nitrogens with zero attached hydrogens (tertiary/aromatic N) is 1. The smallest absolute Gasteiger partial charge is 0.257 e. The van der Waals surface area contributed by atoms with Gasteiger partial charge in [0.25, 0.3) is 5.91 Å². The largest absolute Gasteiger partial charge is 0.381 e. The van der Waals surface area contributed by atoms with Crippen LogP contribution in [0.15, 0.2) is 16.9 Å². The lowest BCUT2D eigenvalue weighted by molar-refractivity contribution is -0.123. The second-order valence-electron chi connectivity index (χ2n) is 3.07. The number of carbonyl (C=O) groups excluding carboxylic acids is 1. The van der Waals surface area contributed by atoms with Gasteiger partial charge in [0.1, 0.15) is 0 Å². The van der Waals surface area contributed by atoms with Crippen LogP contribution in [0.4, 0.5) is 4.39 Å². The molecule has 0 spiro atoms. The number of amidine groups is 1. The number of hydrogen-bond donors (Lipinski definition) is 1. The van der Waals surface area contributed by atoms with E-state index in [1.54, 1.807) is 11.8 Å². The molecule has 0 aromatic heterocycles. The lowest BCUT2D eigenvalue weighted by Crippen LogP contribution is -2.32. The van der Waals surface area contributed by atoms with E-state index in [4.69, 9.17) is 10.5 Å². The maximum atomic E-state index is 13.0. The molecule has 2 aliphatic heterocycles. The quantitative estimate of drug-likeness (QED) is 0.691. The van der Waals surface area contributed by atoms with Crippen molar-refractivity contribution < 1.29 is 13.9 Å². The minimum absolute atomic E-state index is 0.268. The lowest BCUT2D eigenvalue weighted by atomic mass is 10.00. The highest BCUT2D eigenvalue weighted by atomic mass is 32.2. The fourth-order valence-electron chi connectivity index (χ4n) is 1.38. The SMILES string of the molecule is NC1=NC(=O)C([C@@H]2CSCO2)C=C1F. The van der Waals surface area contributed by atoms with Crippen LogP contribution in [0.25, 0.3) is 0 Å². The molecule has 4 nitrogen and oxygen atoms in total. The van der Waals surface area contributed by atoms with E-state index in [0.29, 0.717) is 11.7 Å². The summed E-state index contributed by atoms with van der Waals surface area (Å²) in [5.41, 5.74) is 5.17. The first-order valence-electron chi connectivity index (χ1n) is 4.13. The maximum Gasteiger partial charge on any atom is 0.257 e. The molecule has 6 heteroatoms. The number of rotatable bonds is 1. The first-order chi connectivity index (χ1) is 6.68. The third kappa shape index (κ3) is 1.67. The first-order valence-corrected chi connectivity index (χ1v) is 5.29. The van der Waals surface area contributed by atoms with Crippen molar-refractivity contribution >= 4 is 23.5 Å². The second-order valence-corrected chi connectivity index (χ2v) is 4.05. The fourth-order valence-corrected chi connectivity index (χ4v) is 2.29. The molecule has 0 aromatic rings. The number of thioether (sulfide) groups is 1. The molecule has 1 amide bonds. The van der Waals surface area contributed by atoms with Gasteiger partial charge in [-0.1, -0.05) is 0 Å². The third-order valence-corrected chi connectivity index (χ3v) is 3.00. The molecule has 0 radical (unpaired) electrons. The van der Waals surface area contributed by atoms with Gasteiger partial charge in [-0.3, -0.25) is 4.79 Å². The summed E-state index contributed by atoms with van der Waals surface area (Å²) >= 11 is 1.57. The van der Waals surface area contributed by atoms with Crippen LogP contribution in [0, 0.1) is 5.92 Å². The molecule has 2 rings (SSSR count). The number of ether oxygens (including phenoxy) is 1. The number of carbonyl (C=O) groups is 1. The van der Waals surface area contributed by atoms with E-state index in [-0.39, 0.29) is 11.9 Å². The lowest BCUT2D eigenvalue weighted by Gasteiger charge is -2.18. The number of aliphatic imine (C=N–C) groups is 1. The molecule has 0 aromatic carbocycles. The monoisotopic (exact) mass is 216 g/mol. The van der Waals surface area contributed by atoms with Crippen molar-refractivity contribution in [2.45, 2.75) is 6.10 Å². The van der Waals surface area contributed by atoms with Crippen molar-refractivity contribution in [3.8, 4) is 0 Å². The zero-order valence-electron chi connectivity index (χ0n) is 7.27. The summed E-state index contributed by atoms with van der Waals surface area (Å²) in [6.45, 7) is 0. The van der Waals surface area contributed by atoms with Gasteiger partial charge < -0.3 is 10.5 Å². The van der Waals surface area contributed by atoms with E-state index in [1.165, 1.54) is 6.08 Å². The Balaban J connectivity index is 2.17. The van der Waals surface area contributed by atoms with Crippen LogP contribution >= 0.6 is 11.8 Å². The number of halogens is 1. The Morgan fingerprint density at radius 2 is 2.50 bits per heavy atom. The Morgan fingerprint density at radius 3 is 3.14 bits per heavy atom. The zero-order chi connectivity index (χ0) is 10.1. The predicted octanol–water partition coefficient (Wildman–Crippen LogP) is 0.443. The predicted molar refractivity (Wildman–Crippen MR) is 51.5 cm³/mol. The molecule has 2 atom stereocenters. The zero-order valence-corrected chi connectivity index (χ0v) is 8.09. The van der Waals surface area contributed by atoms with E-state index in [9.17, 15) is 9.18 Å². The van der Waals surface area contributed by atoms with Gasteiger partial charge in [0.15, 0.2) is 11.7 Å². The minimum Gasteiger partial charge on any atom is -0.381 e. The van der Waals surface area contributed by atoms with Crippen LogP contribution in [0.1, 0.15) is 0 Å². The van der Waals surface area contributed by atoms with Crippen LogP contribution in [0.2, 0.25) is 0 Å². The van der Waals surface area contributed by atoms with E-state index in [2.05, 4.69) is 4.99 Å². The average Bonchev–Trinajstić information content (AvgIpc) is 2.64. The minimum atomic E-state index is -0.630. The van der Waals surface area contributed by atoms with Gasteiger partial charge in [-0.2, -0.15) is 4.99 Å². The van der Waals surface area contributed by atoms with Crippen LogP contribution < -0.4 is 5.73 Å². The first kappa shape index (κ1) is 9.67. The highest BCUT2D eigenvalue weighted by Gasteiger charge is 2.33. The summed E-state index contributed by atoms with van der Waals surface area (Å²) < 4.78 is 18.3. The molecule has 1 saturated heterocycles. The standard InChI is InChI=1S/C8H9FN2O2S/c9-5-1-4(6-2-14-3-13-6)8(12)11-7(5)10/h1,4,6H,2-3H2,(H2,10,11,12)/t4?,6-/m0/s1. The molecule has 1 fully saturated rings. The van der Waals surface area contributed by atoms with Crippen molar-refractivity contribution in [1.82, 2.24) is 0 Å². The van der Waals surface area contributed by atoms with Crippen molar-refractivity contribution in [1.29, 1.82) is 0 Å². The average molecular weight is 216 g/mol. The molecule has 2 N–H and O–H groups in total. The maximum absolute atomic E-state index is 13.0. The molecule has 1 unspecified atom stereocenters. The third-order valence-electron chi connectivity index (χ3n) is 2.13. The summed E-state index contributed by atoms with van der Waals surface area (Å²) in [6, 6.07) is 0. The molecule has 0 aliphatic carbocycles. The van der Waals surface area contributed by atoms with Gasteiger partial charge in [0.05, 0.1) is 18.0 Å². The molecule has 0 saturated carbocycles. The van der Waals surface area contributed by atoms with Crippen LogP contribution in [0.3, 0.4) is 0 Å². The molecule has 14 heavy (non-hydrogen) atoms. The molecular weight excluding hydrogens is 207 g/mol. The number of amides is 1. The van der Waals surface area contributed by atoms with E-state index in [1.807, 2.05) is 0 Å². The summed E-state index contributed by atoms with van der Waals surface area (Å²) in [4.78, 5) is 14.8. The number of dihydropyridines is 1. The van der Waals surface area contributed by atoms with Crippen molar-refractivity contribution in [3.05, 3.63) is 11.9 Å². The highest BCUT2D eigenvalue weighted by molar-refractivity contribution is 7.99. The Labute approximate surface area is 84.4 Å². The topological polar surface area (TPSA) is 64.7 Å².